The van der Waals surface area contributed by atoms with Crippen molar-refractivity contribution >= 4 is 23.2 Å². The zero-order chi connectivity index (χ0) is 12.1. The lowest BCUT2D eigenvalue weighted by atomic mass is 10.1. The van der Waals surface area contributed by atoms with E-state index in [4.69, 9.17) is 28.3 Å². The smallest absolute Gasteiger partial charge is 0.0928 e. The van der Waals surface area contributed by atoms with Crippen LogP contribution in [0.3, 0.4) is 0 Å². The molecule has 0 spiro atoms. The van der Waals surface area contributed by atoms with Gasteiger partial charge in [-0.05, 0) is 19.1 Å². The maximum Gasteiger partial charge on any atom is 0.0928 e. The largest absolute Gasteiger partial charge is 0.392 e. The third-order valence-electron chi connectivity index (χ3n) is 2.10. The van der Waals surface area contributed by atoms with E-state index in [1.165, 1.54) is 0 Å². The van der Waals surface area contributed by atoms with Crippen LogP contribution in [0.1, 0.15) is 18.6 Å². The molecule has 2 unspecified atom stereocenters. The molecule has 5 heteroatoms. The molecule has 1 rings (SSSR count). The summed E-state index contributed by atoms with van der Waals surface area (Å²) in [7, 11) is 0. The van der Waals surface area contributed by atoms with Crippen LogP contribution in [-0.4, -0.2) is 29.4 Å². The van der Waals surface area contributed by atoms with E-state index in [0.29, 0.717) is 28.7 Å². The Morgan fingerprint density at radius 3 is 2.50 bits per heavy atom. The first kappa shape index (κ1) is 13.7. The second-order valence-corrected chi connectivity index (χ2v) is 4.53. The van der Waals surface area contributed by atoms with Crippen molar-refractivity contribution in [3.8, 4) is 0 Å². The molecule has 0 saturated carbocycles. The molecule has 0 aliphatic carbocycles. The molecule has 0 aromatic heterocycles. The summed E-state index contributed by atoms with van der Waals surface area (Å²) in [5.74, 6) is 0. The van der Waals surface area contributed by atoms with Crippen LogP contribution in [0.2, 0.25) is 10.0 Å². The van der Waals surface area contributed by atoms with E-state index in [-0.39, 0.29) is 0 Å². The summed E-state index contributed by atoms with van der Waals surface area (Å²) in [6.45, 7) is 2.45. The number of nitrogens with one attached hydrogen (secondary N) is 1. The van der Waals surface area contributed by atoms with Crippen molar-refractivity contribution in [2.45, 2.75) is 19.1 Å². The molecule has 0 radical (unpaired) electrons. The highest BCUT2D eigenvalue weighted by molar-refractivity contribution is 6.35. The second kappa shape index (κ2) is 6.42. The van der Waals surface area contributed by atoms with Gasteiger partial charge in [-0.1, -0.05) is 29.3 Å². The molecule has 0 aliphatic heterocycles. The summed E-state index contributed by atoms with van der Waals surface area (Å²) >= 11 is 11.7. The summed E-state index contributed by atoms with van der Waals surface area (Å²) in [5.41, 5.74) is 0.629. The first-order chi connectivity index (χ1) is 7.50. The molecule has 90 valence electrons. The Morgan fingerprint density at radius 2 is 1.94 bits per heavy atom. The van der Waals surface area contributed by atoms with E-state index in [1.807, 2.05) is 0 Å². The Kier molecular flexibility index (Phi) is 5.52. The highest BCUT2D eigenvalue weighted by Gasteiger charge is 2.11. The SMILES string of the molecule is CC(O)CNCC(O)c1ccc(Cl)cc1Cl. The van der Waals surface area contributed by atoms with Gasteiger partial charge in [0.25, 0.3) is 0 Å². The lowest BCUT2D eigenvalue weighted by Crippen LogP contribution is -2.28. The molecule has 16 heavy (non-hydrogen) atoms. The van der Waals surface area contributed by atoms with Gasteiger partial charge in [0.05, 0.1) is 12.2 Å². The molecule has 1 aromatic carbocycles. The average Bonchev–Trinajstić information content (AvgIpc) is 2.16. The Morgan fingerprint density at radius 1 is 1.25 bits per heavy atom. The van der Waals surface area contributed by atoms with E-state index < -0.39 is 12.2 Å². The molecule has 0 aliphatic rings. The third kappa shape index (κ3) is 4.28. The minimum Gasteiger partial charge on any atom is -0.392 e. The van der Waals surface area contributed by atoms with Crippen LogP contribution in [-0.2, 0) is 0 Å². The lowest BCUT2D eigenvalue weighted by Gasteiger charge is -2.14. The Balaban J connectivity index is 2.55. The highest BCUT2D eigenvalue weighted by Crippen LogP contribution is 2.25. The fourth-order valence-electron chi connectivity index (χ4n) is 1.31. The molecule has 0 bridgehead atoms. The minimum absolute atomic E-state index is 0.340. The normalized spacial score (nSPS) is 14.8. The van der Waals surface area contributed by atoms with E-state index in [0.717, 1.165) is 0 Å². The first-order valence-corrected chi connectivity index (χ1v) is 5.78. The van der Waals surface area contributed by atoms with Crippen LogP contribution in [0.15, 0.2) is 18.2 Å². The Labute approximate surface area is 105 Å². The van der Waals surface area contributed by atoms with Gasteiger partial charge in [-0.2, -0.15) is 0 Å². The number of hydrogen-bond donors (Lipinski definition) is 3. The molecule has 0 saturated heterocycles. The standard InChI is InChI=1S/C11H15Cl2NO2/c1-7(15)5-14-6-11(16)9-3-2-8(12)4-10(9)13/h2-4,7,11,14-16H,5-6H2,1H3. The average molecular weight is 264 g/mol. The zero-order valence-electron chi connectivity index (χ0n) is 8.95. The van der Waals surface area contributed by atoms with E-state index in [9.17, 15) is 5.11 Å². The summed E-state index contributed by atoms with van der Waals surface area (Å²) in [5, 5.41) is 22.8. The fraction of sp³-hybridized carbons (Fsp3) is 0.455. The van der Waals surface area contributed by atoms with Crippen molar-refractivity contribution in [1.29, 1.82) is 0 Å². The molecule has 3 N–H and O–H groups in total. The van der Waals surface area contributed by atoms with Crippen molar-refractivity contribution in [2.24, 2.45) is 0 Å². The molecule has 0 amide bonds. The van der Waals surface area contributed by atoms with Crippen LogP contribution in [0, 0.1) is 0 Å². The van der Waals surface area contributed by atoms with E-state index in [2.05, 4.69) is 5.32 Å². The maximum atomic E-state index is 9.83. The Bertz CT molecular complexity index is 345. The number of rotatable bonds is 5. The molecule has 3 nitrogen and oxygen atoms in total. The number of halogens is 2. The van der Waals surface area contributed by atoms with Crippen LogP contribution in [0.4, 0.5) is 0 Å². The van der Waals surface area contributed by atoms with Crippen molar-refractivity contribution in [3.05, 3.63) is 33.8 Å². The van der Waals surface area contributed by atoms with Gasteiger partial charge >= 0.3 is 0 Å². The molecule has 2 atom stereocenters. The predicted molar refractivity (Wildman–Crippen MR) is 66.0 cm³/mol. The van der Waals surface area contributed by atoms with Crippen LogP contribution < -0.4 is 5.32 Å². The van der Waals surface area contributed by atoms with Crippen molar-refractivity contribution in [2.75, 3.05) is 13.1 Å². The van der Waals surface area contributed by atoms with Gasteiger partial charge in [-0.3, -0.25) is 0 Å². The Hall–Kier alpha value is -0.320. The summed E-state index contributed by atoms with van der Waals surface area (Å²) in [4.78, 5) is 0. The van der Waals surface area contributed by atoms with Gasteiger partial charge in [0.2, 0.25) is 0 Å². The van der Waals surface area contributed by atoms with Crippen LogP contribution in [0.25, 0.3) is 0 Å². The van der Waals surface area contributed by atoms with Crippen molar-refractivity contribution in [1.82, 2.24) is 5.32 Å². The quantitative estimate of drug-likeness (QED) is 0.762. The van der Waals surface area contributed by atoms with Crippen molar-refractivity contribution in [3.63, 3.8) is 0 Å². The summed E-state index contributed by atoms with van der Waals surface area (Å²) in [6, 6.07) is 4.97. The first-order valence-electron chi connectivity index (χ1n) is 5.02. The summed E-state index contributed by atoms with van der Waals surface area (Å²) < 4.78 is 0. The van der Waals surface area contributed by atoms with Gasteiger partial charge in [-0.15, -0.1) is 0 Å². The lowest BCUT2D eigenvalue weighted by molar-refractivity contribution is 0.155. The molecular weight excluding hydrogens is 249 g/mol. The van der Waals surface area contributed by atoms with Gasteiger partial charge in [0.15, 0.2) is 0 Å². The van der Waals surface area contributed by atoms with Crippen LogP contribution in [0.5, 0.6) is 0 Å². The van der Waals surface area contributed by atoms with Gasteiger partial charge in [-0.25, -0.2) is 0 Å². The predicted octanol–water partition coefficient (Wildman–Crippen LogP) is 2.00. The number of aliphatic hydroxyl groups is 2. The molecule has 0 heterocycles. The van der Waals surface area contributed by atoms with Crippen molar-refractivity contribution < 1.29 is 10.2 Å². The summed E-state index contributed by atoms with van der Waals surface area (Å²) in [6.07, 6.45) is -1.14. The zero-order valence-corrected chi connectivity index (χ0v) is 10.5. The number of hydrogen-bond acceptors (Lipinski definition) is 3. The maximum absolute atomic E-state index is 9.83. The third-order valence-corrected chi connectivity index (χ3v) is 2.66. The topological polar surface area (TPSA) is 52.5 Å². The van der Waals surface area contributed by atoms with Gasteiger partial charge in [0.1, 0.15) is 0 Å². The van der Waals surface area contributed by atoms with Gasteiger partial charge in [0, 0.05) is 28.7 Å². The monoisotopic (exact) mass is 263 g/mol. The molecule has 1 aromatic rings. The van der Waals surface area contributed by atoms with E-state index >= 15 is 0 Å². The minimum atomic E-state index is -0.705. The highest BCUT2D eigenvalue weighted by atomic mass is 35.5. The number of benzene rings is 1. The van der Waals surface area contributed by atoms with Gasteiger partial charge < -0.3 is 15.5 Å². The fourth-order valence-corrected chi connectivity index (χ4v) is 1.85. The van der Waals surface area contributed by atoms with E-state index in [1.54, 1.807) is 25.1 Å². The second-order valence-electron chi connectivity index (χ2n) is 3.69. The van der Waals surface area contributed by atoms with Crippen LogP contribution >= 0.6 is 23.2 Å². The number of aliphatic hydroxyl groups excluding tert-OH is 2. The molecule has 0 fully saturated rings. The molecular formula is C11H15Cl2NO2.